The summed E-state index contributed by atoms with van der Waals surface area (Å²) in [7, 11) is -3.46. The van der Waals surface area contributed by atoms with Crippen LogP contribution < -0.4 is 5.32 Å². The molecular weight excluding hydrogens is 286 g/mol. The monoisotopic (exact) mass is 305 g/mol. The van der Waals surface area contributed by atoms with Gasteiger partial charge in [0, 0.05) is 19.1 Å². The molecule has 0 radical (unpaired) electrons. The summed E-state index contributed by atoms with van der Waals surface area (Å²) < 4.78 is 27.1. The average molecular weight is 305 g/mol. The Kier molecular flexibility index (Phi) is 3.74. The van der Waals surface area contributed by atoms with Crippen molar-refractivity contribution >= 4 is 10.0 Å². The second-order valence-corrected chi connectivity index (χ2v) is 7.81. The van der Waals surface area contributed by atoms with E-state index in [1.165, 1.54) is 6.07 Å². The first kappa shape index (κ1) is 14.5. The molecule has 0 amide bonds. The maximum Gasteiger partial charge on any atom is 0.243 e. The summed E-state index contributed by atoms with van der Waals surface area (Å²) in [4.78, 5) is 0.289. The van der Waals surface area contributed by atoms with E-state index in [2.05, 4.69) is 11.4 Å². The fourth-order valence-corrected chi connectivity index (χ4v) is 4.88. The first-order chi connectivity index (χ1) is 10.0. The number of fused-ring (bicyclic) bond motifs is 1. The summed E-state index contributed by atoms with van der Waals surface area (Å²) in [6.07, 6.45) is 2.21. The van der Waals surface area contributed by atoms with Gasteiger partial charge in [0.2, 0.25) is 10.0 Å². The zero-order chi connectivity index (χ0) is 15.0. The van der Waals surface area contributed by atoms with Gasteiger partial charge in [-0.05, 0) is 56.0 Å². The van der Waals surface area contributed by atoms with Gasteiger partial charge in [-0.3, -0.25) is 0 Å². The van der Waals surface area contributed by atoms with Gasteiger partial charge in [0.25, 0.3) is 0 Å². The lowest BCUT2D eigenvalue weighted by Crippen LogP contribution is -2.41. The van der Waals surface area contributed by atoms with E-state index in [1.807, 2.05) is 0 Å². The quantitative estimate of drug-likeness (QED) is 0.892. The van der Waals surface area contributed by atoms with Crippen molar-refractivity contribution in [1.29, 1.82) is 5.26 Å². The minimum Gasteiger partial charge on any atom is -0.312 e. The van der Waals surface area contributed by atoms with Gasteiger partial charge in [-0.2, -0.15) is 9.57 Å². The smallest absolute Gasteiger partial charge is 0.243 e. The molecule has 6 heteroatoms. The van der Waals surface area contributed by atoms with E-state index in [-0.39, 0.29) is 10.9 Å². The van der Waals surface area contributed by atoms with Gasteiger partial charge in [-0.15, -0.1) is 0 Å². The zero-order valence-electron chi connectivity index (χ0n) is 12.0. The number of sulfonamides is 1. The van der Waals surface area contributed by atoms with E-state index in [9.17, 15) is 8.42 Å². The van der Waals surface area contributed by atoms with Crippen LogP contribution in [0.5, 0.6) is 0 Å². The Balaban J connectivity index is 1.87. The number of benzene rings is 1. The fourth-order valence-electron chi connectivity index (χ4n) is 3.27. The van der Waals surface area contributed by atoms with Crippen LogP contribution in [0.2, 0.25) is 0 Å². The molecule has 2 heterocycles. The van der Waals surface area contributed by atoms with Crippen molar-refractivity contribution in [3.05, 3.63) is 29.3 Å². The third kappa shape index (κ3) is 2.57. The molecule has 3 rings (SSSR count). The minimum absolute atomic E-state index is 0.285. The van der Waals surface area contributed by atoms with E-state index >= 15 is 0 Å². The van der Waals surface area contributed by atoms with Crippen molar-refractivity contribution in [2.45, 2.75) is 30.7 Å². The molecule has 2 fully saturated rings. The maximum absolute atomic E-state index is 12.7. The molecule has 2 aliphatic rings. The first-order valence-electron chi connectivity index (χ1n) is 7.26. The van der Waals surface area contributed by atoms with Crippen molar-refractivity contribution in [3.8, 4) is 6.07 Å². The largest absolute Gasteiger partial charge is 0.312 e. The lowest BCUT2D eigenvalue weighted by molar-refractivity contribution is 0.339. The minimum atomic E-state index is -3.46. The fraction of sp³-hybridized carbons (Fsp3) is 0.533. The van der Waals surface area contributed by atoms with Crippen molar-refractivity contribution in [3.63, 3.8) is 0 Å². The van der Waals surface area contributed by atoms with Gasteiger partial charge in [-0.1, -0.05) is 0 Å². The Labute approximate surface area is 125 Å². The lowest BCUT2D eigenvalue weighted by atomic mass is 9.94. The molecule has 0 aromatic heterocycles. The molecule has 1 aromatic rings. The molecule has 2 atom stereocenters. The maximum atomic E-state index is 12.7. The molecule has 0 aliphatic carbocycles. The molecule has 1 aromatic carbocycles. The predicted octanol–water partition coefficient (Wildman–Crippen LogP) is 1.24. The highest BCUT2D eigenvalue weighted by Crippen LogP contribution is 2.29. The predicted molar refractivity (Wildman–Crippen MR) is 79.2 cm³/mol. The normalized spacial score (nSPS) is 26.3. The van der Waals surface area contributed by atoms with Crippen LogP contribution in [0.3, 0.4) is 0 Å². The second kappa shape index (κ2) is 5.41. The van der Waals surface area contributed by atoms with E-state index in [0.717, 1.165) is 19.4 Å². The average Bonchev–Trinajstić information content (AvgIpc) is 2.92. The van der Waals surface area contributed by atoms with Crippen LogP contribution in [-0.4, -0.2) is 38.4 Å². The molecule has 2 aliphatic heterocycles. The number of nitrogens with zero attached hydrogens (tertiary/aromatic N) is 2. The Morgan fingerprint density at radius 1 is 1.38 bits per heavy atom. The van der Waals surface area contributed by atoms with Gasteiger partial charge < -0.3 is 5.32 Å². The third-order valence-electron chi connectivity index (χ3n) is 4.52. The first-order valence-corrected chi connectivity index (χ1v) is 8.70. The second-order valence-electron chi connectivity index (χ2n) is 5.87. The van der Waals surface area contributed by atoms with E-state index in [0.29, 0.717) is 30.1 Å². The number of aryl methyl sites for hydroxylation is 1. The van der Waals surface area contributed by atoms with Gasteiger partial charge in [0.05, 0.1) is 16.5 Å². The van der Waals surface area contributed by atoms with Crippen LogP contribution in [0.4, 0.5) is 0 Å². The van der Waals surface area contributed by atoms with Crippen molar-refractivity contribution in [2.75, 3.05) is 19.6 Å². The van der Waals surface area contributed by atoms with E-state index in [4.69, 9.17) is 5.26 Å². The molecule has 5 nitrogen and oxygen atoms in total. The Hall–Kier alpha value is -1.42. The molecule has 112 valence electrons. The molecule has 2 saturated heterocycles. The van der Waals surface area contributed by atoms with Crippen LogP contribution in [0, 0.1) is 24.2 Å². The highest BCUT2D eigenvalue weighted by Gasteiger charge is 2.40. The highest BCUT2D eigenvalue weighted by atomic mass is 32.2. The zero-order valence-corrected chi connectivity index (χ0v) is 12.9. The van der Waals surface area contributed by atoms with Crippen LogP contribution in [0.15, 0.2) is 23.1 Å². The lowest BCUT2D eigenvalue weighted by Gasteiger charge is -2.24. The van der Waals surface area contributed by atoms with Crippen molar-refractivity contribution < 1.29 is 8.42 Å². The topological polar surface area (TPSA) is 73.2 Å². The molecule has 2 unspecified atom stereocenters. The summed E-state index contributed by atoms with van der Waals surface area (Å²) in [5, 5.41) is 12.4. The molecular formula is C15H19N3O2S. The van der Waals surface area contributed by atoms with Crippen LogP contribution >= 0.6 is 0 Å². The van der Waals surface area contributed by atoms with Gasteiger partial charge in [0.15, 0.2) is 0 Å². The Morgan fingerprint density at radius 2 is 2.19 bits per heavy atom. The van der Waals surface area contributed by atoms with Gasteiger partial charge >= 0.3 is 0 Å². The highest BCUT2D eigenvalue weighted by molar-refractivity contribution is 7.89. The van der Waals surface area contributed by atoms with E-state index in [1.54, 1.807) is 23.4 Å². The summed E-state index contributed by atoms with van der Waals surface area (Å²) in [6, 6.07) is 7.08. The number of nitrogens with one attached hydrogen (secondary N) is 1. The number of hydrogen-bond acceptors (Lipinski definition) is 4. The molecule has 1 N–H and O–H groups in total. The van der Waals surface area contributed by atoms with Gasteiger partial charge in [-0.25, -0.2) is 8.42 Å². The number of hydrogen-bond donors (Lipinski definition) is 1. The SMILES string of the molecule is Cc1cc(S(=O)(=O)N2CC3CCCNC3C2)ccc1C#N. The molecule has 0 bridgehead atoms. The summed E-state index contributed by atoms with van der Waals surface area (Å²) in [6.45, 7) is 3.89. The standard InChI is InChI=1S/C15H19N3O2S/c1-11-7-14(5-4-12(11)8-16)21(19,20)18-9-13-3-2-6-17-15(13)10-18/h4-5,7,13,15,17H,2-3,6,9-10H2,1H3. The molecule has 21 heavy (non-hydrogen) atoms. The number of piperidine rings is 1. The summed E-state index contributed by atoms with van der Waals surface area (Å²) >= 11 is 0. The van der Waals surface area contributed by atoms with Crippen LogP contribution in [0.25, 0.3) is 0 Å². The summed E-state index contributed by atoms with van der Waals surface area (Å²) in [5.74, 6) is 0.424. The summed E-state index contributed by atoms with van der Waals surface area (Å²) in [5.41, 5.74) is 1.22. The van der Waals surface area contributed by atoms with Crippen LogP contribution in [0.1, 0.15) is 24.0 Å². The van der Waals surface area contributed by atoms with Crippen LogP contribution in [-0.2, 0) is 10.0 Å². The number of rotatable bonds is 2. The van der Waals surface area contributed by atoms with E-state index < -0.39 is 10.0 Å². The third-order valence-corrected chi connectivity index (χ3v) is 6.35. The Bertz CT molecular complexity index is 679. The molecule has 0 spiro atoms. The van der Waals surface area contributed by atoms with Crippen molar-refractivity contribution in [2.24, 2.45) is 5.92 Å². The Morgan fingerprint density at radius 3 is 2.86 bits per heavy atom. The van der Waals surface area contributed by atoms with Gasteiger partial charge in [0.1, 0.15) is 0 Å². The van der Waals surface area contributed by atoms with Crippen molar-refractivity contribution in [1.82, 2.24) is 9.62 Å². The molecule has 0 saturated carbocycles. The number of nitriles is 1.